The Balaban J connectivity index is 3.14. The third-order valence-electron chi connectivity index (χ3n) is 3.38. The van der Waals surface area contributed by atoms with Crippen LogP contribution in [0.1, 0.15) is 20.8 Å². The van der Waals surface area contributed by atoms with Crippen molar-refractivity contribution in [3.05, 3.63) is 0 Å². The summed E-state index contributed by atoms with van der Waals surface area (Å²) in [5.74, 6) is -2.05. The predicted molar refractivity (Wildman–Crippen MR) is 49.8 cm³/mol. The summed E-state index contributed by atoms with van der Waals surface area (Å²) in [5, 5.41) is 48.3. The van der Waals surface area contributed by atoms with Crippen molar-refractivity contribution >= 4 is 0 Å². The fourth-order valence-electron chi connectivity index (χ4n) is 1.73. The Hall–Kier alpha value is -0.240. The molecule has 5 atom stereocenters. The van der Waals surface area contributed by atoms with Crippen LogP contribution in [0.3, 0.4) is 0 Å². The quantitative estimate of drug-likeness (QED) is 0.349. The zero-order valence-corrected chi connectivity index (χ0v) is 9.01. The number of aliphatic hydroxyl groups is 5. The second-order valence-corrected chi connectivity index (χ2v) is 4.49. The van der Waals surface area contributed by atoms with Crippen LogP contribution in [0, 0.1) is 0 Å². The Bertz CT molecular complexity index is 247. The van der Waals surface area contributed by atoms with Gasteiger partial charge >= 0.3 is 0 Å². The second kappa shape index (κ2) is 3.38. The molecule has 0 aromatic carbocycles. The lowest BCUT2D eigenvalue weighted by Gasteiger charge is -2.55. The highest BCUT2D eigenvalue weighted by Gasteiger charge is 2.64. The van der Waals surface area contributed by atoms with Gasteiger partial charge in [0.1, 0.15) is 23.4 Å². The van der Waals surface area contributed by atoms with Crippen LogP contribution in [0.5, 0.6) is 0 Å². The maximum absolute atomic E-state index is 9.96. The first-order valence-electron chi connectivity index (χ1n) is 4.72. The molecule has 1 rings (SSSR count). The summed E-state index contributed by atoms with van der Waals surface area (Å²) < 4.78 is 4.93. The van der Waals surface area contributed by atoms with Crippen molar-refractivity contribution in [3.63, 3.8) is 0 Å². The summed E-state index contributed by atoms with van der Waals surface area (Å²) in [6.45, 7) is 2.93. The first-order valence-corrected chi connectivity index (χ1v) is 4.72. The molecule has 0 spiro atoms. The fraction of sp³-hybridized carbons (Fsp3) is 1.00. The van der Waals surface area contributed by atoms with Crippen molar-refractivity contribution in [2.24, 2.45) is 0 Å². The van der Waals surface area contributed by atoms with Crippen molar-refractivity contribution in [2.75, 3.05) is 6.61 Å². The molecule has 0 saturated carbocycles. The van der Waals surface area contributed by atoms with Crippen LogP contribution in [0.25, 0.3) is 0 Å². The van der Waals surface area contributed by atoms with E-state index in [1.54, 1.807) is 0 Å². The van der Waals surface area contributed by atoms with E-state index in [2.05, 4.69) is 0 Å². The van der Waals surface area contributed by atoms with E-state index in [0.29, 0.717) is 0 Å². The molecule has 6 nitrogen and oxygen atoms in total. The first-order chi connectivity index (χ1) is 6.58. The smallest absolute Gasteiger partial charge is 0.195 e. The highest BCUT2D eigenvalue weighted by atomic mass is 16.7. The molecule has 0 aromatic heterocycles. The van der Waals surface area contributed by atoms with Crippen LogP contribution < -0.4 is 0 Å². The summed E-state index contributed by atoms with van der Waals surface area (Å²) in [5.41, 5.74) is -4.03. The van der Waals surface area contributed by atoms with Gasteiger partial charge in [-0.25, -0.2) is 0 Å². The van der Waals surface area contributed by atoms with Gasteiger partial charge in [-0.3, -0.25) is 0 Å². The average Bonchev–Trinajstić information content (AvgIpc) is 2.10. The van der Waals surface area contributed by atoms with Gasteiger partial charge in [-0.2, -0.15) is 0 Å². The Kier molecular flexibility index (Phi) is 2.89. The van der Waals surface area contributed by atoms with E-state index in [0.717, 1.165) is 13.8 Å². The maximum atomic E-state index is 9.96. The summed E-state index contributed by atoms with van der Waals surface area (Å²) in [6, 6.07) is 0. The minimum Gasteiger partial charge on any atom is -0.394 e. The molecule has 6 heteroatoms. The van der Waals surface area contributed by atoms with E-state index in [9.17, 15) is 20.4 Å². The molecule has 1 aliphatic rings. The van der Waals surface area contributed by atoms with Crippen LogP contribution in [0.4, 0.5) is 0 Å². The lowest BCUT2D eigenvalue weighted by molar-refractivity contribution is -0.401. The Labute approximate surface area is 87.7 Å². The van der Waals surface area contributed by atoms with Crippen molar-refractivity contribution in [2.45, 2.75) is 50.0 Å². The number of rotatable bonds is 1. The molecular formula is C9H18O6. The third kappa shape index (κ3) is 1.57. The molecule has 1 saturated heterocycles. The average molecular weight is 222 g/mol. The summed E-state index contributed by atoms with van der Waals surface area (Å²) >= 11 is 0. The molecule has 1 aliphatic heterocycles. The highest BCUT2D eigenvalue weighted by Crippen LogP contribution is 2.42. The molecule has 0 aromatic rings. The number of ether oxygens (including phenoxy) is 1. The van der Waals surface area contributed by atoms with Gasteiger partial charge < -0.3 is 30.3 Å². The minimum absolute atomic E-state index is 0.566. The number of aliphatic hydroxyl groups excluding tert-OH is 2. The molecule has 0 aliphatic carbocycles. The van der Waals surface area contributed by atoms with Crippen LogP contribution >= 0.6 is 0 Å². The van der Waals surface area contributed by atoms with Crippen molar-refractivity contribution < 1.29 is 30.3 Å². The van der Waals surface area contributed by atoms with E-state index >= 15 is 0 Å². The van der Waals surface area contributed by atoms with Crippen molar-refractivity contribution in [1.82, 2.24) is 0 Å². The van der Waals surface area contributed by atoms with Gasteiger partial charge in [0, 0.05) is 0 Å². The van der Waals surface area contributed by atoms with Gasteiger partial charge in [-0.1, -0.05) is 0 Å². The number of hydrogen-bond acceptors (Lipinski definition) is 6. The van der Waals surface area contributed by atoms with E-state index in [1.165, 1.54) is 6.92 Å². The molecule has 5 N–H and O–H groups in total. The van der Waals surface area contributed by atoms with Gasteiger partial charge in [-0.05, 0) is 20.8 Å². The molecule has 0 radical (unpaired) electrons. The van der Waals surface area contributed by atoms with Crippen molar-refractivity contribution in [1.29, 1.82) is 0 Å². The Morgan fingerprint density at radius 1 is 1.13 bits per heavy atom. The molecular weight excluding hydrogens is 204 g/mol. The zero-order valence-electron chi connectivity index (χ0n) is 9.01. The maximum Gasteiger partial charge on any atom is 0.195 e. The molecule has 1 fully saturated rings. The van der Waals surface area contributed by atoms with E-state index in [1.807, 2.05) is 0 Å². The van der Waals surface area contributed by atoms with Crippen LogP contribution in [-0.2, 0) is 4.74 Å². The Morgan fingerprint density at radius 3 is 2.00 bits per heavy atom. The standard InChI is InChI=1S/C9H18O6/c1-7(12)6(11)5(4-10)15-9(3,14)8(7,2)13/h5-6,10-14H,4H2,1-3H3. The lowest BCUT2D eigenvalue weighted by atomic mass is 9.72. The second-order valence-electron chi connectivity index (χ2n) is 4.49. The van der Waals surface area contributed by atoms with Gasteiger partial charge in [0.25, 0.3) is 0 Å². The molecule has 1 heterocycles. The highest BCUT2D eigenvalue weighted by molar-refractivity contribution is 5.10. The normalized spacial score (nSPS) is 56.8. The van der Waals surface area contributed by atoms with Gasteiger partial charge in [0.15, 0.2) is 5.79 Å². The molecule has 90 valence electrons. The topological polar surface area (TPSA) is 110 Å². The van der Waals surface area contributed by atoms with Crippen molar-refractivity contribution in [3.8, 4) is 0 Å². The first kappa shape index (κ1) is 12.8. The van der Waals surface area contributed by atoms with Crippen LogP contribution in [-0.4, -0.2) is 61.3 Å². The largest absolute Gasteiger partial charge is 0.394 e. The van der Waals surface area contributed by atoms with Gasteiger partial charge in [0.2, 0.25) is 0 Å². The van der Waals surface area contributed by atoms with E-state index < -0.39 is 35.8 Å². The minimum atomic E-state index is -2.05. The molecule has 5 unspecified atom stereocenters. The predicted octanol–water partition coefficient (Wildman–Crippen LogP) is -2.05. The molecule has 15 heavy (non-hydrogen) atoms. The van der Waals surface area contributed by atoms with E-state index in [-0.39, 0.29) is 0 Å². The summed E-state index contributed by atoms with van der Waals surface area (Å²) in [4.78, 5) is 0. The monoisotopic (exact) mass is 222 g/mol. The summed E-state index contributed by atoms with van der Waals surface area (Å²) in [6.07, 6.45) is -2.63. The molecule has 0 amide bonds. The van der Waals surface area contributed by atoms with Crippen LogP contribution in [0.15, 0.2) is 0 Å². The van der Waals surface area contributed by atoms with Gasteiger partial charge in [0.05, 0.1) is 6.61 Å². The SMILES string of the molecule is CC1(O)OC(CO)C(O)C(C)(O)C1(C)O. The third-order valence-corrected chi connectivity index (χ3v) is 3.38. The van der Waals surface area contributed by atoms with E-state index in [4.69, 9.17) is 9.84 Å². The zero-order chi connectivity index (χ0) is 12.1. The molecule has 0 bridgehead atoms. The lowest BCUT2D eigenvalue weighted by Crippen LogP contribution is -2.76. The summed E-state index contributed by atoms with van der Waals surface area (Å²) in [7, 11) is 0. The van der Waals surface area contributed by atoms with Crippen LogP contribution in [0.2, 0.25) is 0 Å². The Morgan fingerprint density at radius 2 is 1.60 bits per heavy atom. The number of hydrogen-bond donors (Lipinski definition) is 5. The fourth-order valence-corrected chi connectivity index (χ4v) is 1.73. The van der Waals surface area contributed by atoms with Gasteiger partial charge in [-0.15, -0.1) is 0 Å².